The van der Waals surface area contributed by atoms with E-state index in [2.05, 4.69) is 15.2 Å². The predicted molar refractivity (Wildman–Crippen MR) is 109 cm³/mol. The van der Waals surface area contributed by atoms with Gasteiger partial charge in [-0.25, -0.2) is 4.39 Å². The molecule has 2 aromatic rings. The zero-order chi connectivity index (χ0) is 20.3. The Morgan fingerprint density at radius 2 is 2.11 bits per heavy atom. The summed E-state index contributed by atoms with van der Waals surface area (Å²) >= 11 is 0. The van der Waals surface area contributed by atoms with Gasteiger partial charge in [0.2, 0.25) is 0 Å². The van der Waals surface area contributed by atoms with Crippen LogP contribution in [0.3, 0.4) is 0 Å². The van der Waals surface area contributed by atoms with Gasteiger partial charge in [-0.1, -0.05) is 0 Å². The van der Waals surface area contributed by atoms with Gasteiger partial charge >= 0.3 is 0 Å². The molecule has 1 aliphatic heterocycles. The highest BCUT2D eigenvalue weighted by Crippen LogP contribution is 2.35. The standard InChI is InChI=1S/C20H25FN6O/c1-13(23)16-10-17(21)15-4-3-5-25-18(15)19(16)26-6-8-27(9-7-26)20(28)14(11-22)12-24-2/h3-5,10-13,22,24H,6-9,23H2,1-2H3/b14-12+,22-11?. The predicted octanol–water partition coefficient (Wildman–Crippen LogP) is 1.80. The highest BCUT2D eigenvalue weighted by atomic mass is 19.1. The Morgan fingerprint density at radius 1 is 1.39 bits per heavy atom. The molecule has 0 spiro atoms. The molecular formula is C20H25FN6O. The molecule has 0 saturated carbocycles. The second-order valence-electron chi connectivity index (χ2n) is 6.80. The van der Waals surface area contributed by atoms with E-state index in [9.17, 15) is 9.18 Å². The zero-order valence-electron chi connectivity index (χ0n) is 16.1. The number of piperazine rings is 1. The number of hydrogen-bond donors (Lipinski definition) is 3. The summed E-state index contributed by atoms with van der Waals surface area (Å²) in [6.45, 7) is 3.97. The first-order valence-electron chi connectivity index (χ1n) is 9.22. The van der Waals surface area contributed by atoms with Crippen molar-refractivity contribution >= 4 is 28.7 Å². The van der Waals surface area contributed by atoms with Crippen LogP contribution in [0.1, 0.15) is 18.5 Å². The van der Waals surface area contributed by atoms with E-state index in [1.807, 2.05) is 6.92 Å². The van der Waals surface area contributed by atoms with E-state index in [1.54, 1.807) is 30.3 Å². The Hall–Kier alpha value is -3.00. The van der Waals surface area contributed by atoms with E-state index in [4.69, 9.17) is 11.1 Å². The summed E-state index contributed by atoms with van der Waals surface area (Å²) in [5, 5.41) is 10.7. The van der Waals surface area contributed by atoms with Crippen molar-refractivity contribution in [1.29, 1.82) is 5.41 Å². The molecule has 1 saturated heterocycles. The lowest BCUT2D eigenvalue weighted by atomic mass is 10.0. The Labute approximate surface area is 163 Å². The van der Waals surface area contributed by atoms with Crippen molar-refractivity contribution in [2.75, 3.05) is 38.1 Å². The van der Waals surface area contributed by atoms with Crippen molar-refractivity contribution in [3.63, 3.8) is 0 Å². The Bertz CT molecular complexity index is 918. The van der Waals surface area contributed by atoms with Crippen LogP contribution < -0.4 is 16.0 Å². The van der Waals surface area contributed by atoms with Crippen LogP contribution in [0.5, 0.6) is 0 Å². The first-order valence-corrected chi connectivity index (χ1v) is 9.22. The van der Waals surface area contributed by atoms with Crippen molar-refractivity contribution in [2.45, 2.75) is 13.0 Å². The number of aromatic nitrogens is 1. The molecule has 1 atom stereocenters. The van der Waals surface area contributed by atoms with Crippen LogP contribution in [0.15, 0.2) is 36.2 Å². The molecule has 3 rings (SSSR count). The summed E-state index contributed by atoms with van der Waals surface area (Å²) < 4.78 is 14.5. The fraction of sp³-hybridized carbons (Fsp3) is 0.350. The van der Waals surface area contributed by atoms with E-state index >= 15 is 0 Å². The quantitative estimate of drug-likeness (QED) is 0.539. The minimum atomic E-state index is -0.348. The largest absolute Gasteiger partial charge is 0.393 e. The summed E-state index contributed by atoms with van der Waals surface area (Å²) in [5.41, 5.74) is 8.55. The second kappa shape index (κ2) is 8.35. The molecule has 1 aromatic heterocycles. The Balaban J connectivity index is 1.90. The molecule has 0 radical (unpaired) electrons. The first-order chi connectivity index (χ1) is 13.5. The number of rotatable bonds is 5. The van der Waals surface area contributed by atoms with Crippen LogP contribution in [0.4, 0.5) is 10.1 Å². The summed E-state index contributed by atoms with van der Waals surface area (Å²) in [4.78, 5) is 20.8. The van der Waals surface area contributed by atoms with Crippen LogP contribution in [0.25, 0.3) is 10.9 Å². The molecule has 1 amide bonds. The Morgan fingerprint density at radius 3 is 2.71 bits per heavy atom. The third-order valence-corrected chi connectivity index (χ3v) is 4.92. The van der Waals surface area contributed by atoms with Gasteiger partial charge in [-0.3, -0.25) is 9.78 Å². The van der Waals surface area contributed by atoms with Crippen molar-refractivity contribution in [3.8, 4) is 0 Å². The molecule has 4 N–H and O–H groups in total. The van der Waals surface area contributed by atoms with Crippen molar-refractivity contribution in [3.05, 3.63) is 47.5 Å². The molecule has 0 bridgehead atoms. The third kappa shape index (κ3) is 3.68. The van der Waals surface area contributed by atoms with E-state index < -0.39 is 0 Å². The normalized spacial score (nSPS) is 16.2. The van der Waals surface area contributed by atoms with Crippen LogP contribution in [-0.2, 0) is 4.79 Å². The molecular weight excluding hydrogens is 359 g/mol. The molecule has 1 aromatic carbocycles. The van der Waals surface area contributed by atoms with Gasteiger partial charge in [-0.15, -0.1) is 0 Å². The van der Waals surface area contributed by atoms with Crippen LogP contribution >= 0.6 is 0 Å². The molecule has 28 heavy (non-hydrogen) atoms. The SMILES string of the molecule is CN/C=C(\C=N)C(=O)N1CCN(c2c(C(C)N)cc(F)c3cccnc23)CC1. The van der Waals surface area contributed by atoms with E-state index in [0.717, 1.165) is 11.9 Å². The number of carbonyl (C=O) groups excluding carboxylic acids is 1. The number of pyridine rings is 1. The number of nitrogens with two attached hydrogens (primary N) is 1. The van der Waals surface area contributed by atoms with E-state index in [0.29, 0.717) is 48.2 Å². The number of anilines is 1. The minimum absolute atomic E-state index is 0.182. The van der Waals surface area contributed by atoms with Gasteiger partial charge in [0.15, 0.2) is 0 Å². The lowest BCUT2D eigenvalue weighted by Crippen LogP contribution is -2.49. The summed E-state index contributed by atoms with van der Waals surface area (Å²) in [7, 11) is 1.69. The zero-order valence-corrected chi connectivity index (χ0v) is 16.1. The lowest BCUT2D eigenvalue weighted by molar-refractivity contribution is -0.126. The maximum absolute atomic E-state index is 14.5. The summed E-state index contributed by atoms with van der Waals surface area (Å²) in [6.07, 6.45) is 4.22. The van der Waals surface area contributed by atoms with Crippen molar-refractivity contribution < 1.29 is 9.18 Å². The molecule has 148 valence electrons. The smallest absolute Gasteiger partial charge is 0.256 e. The number of nitrogens with zero attached hydrogens (tertiary/aromatic N) is 3. The number of fused-ring (bicyclic) bond motifs is 1. The number of halogens is 1. The van der Waals surface area contributed by atoms with Crippen molar-refractivity contribution in [1.82, 2.24) is 15.2 Å². The molecule has 2 heterocycles. The van der Waals surface area contributed by atoms with Gasteiger partial charge in [-0.2, -0.15) is 0 Å². The number of amides is 1. The monoisotopic (exact) mass is 384 g/mol. The van der Waals surface area contributed by atoms with Crippen molar-refractivity contribution in [2.24, 2.45) is 5.73 Å². The number of carbonyl (C=O) groups is 1. The molecule has 8 heteroatoms. The average molecular weight is 384 g/mol. The average Bonchev–Trinajstić information content (AvgIpc) is 2.71. The molecule has 1 aliphatic rings. The number of hydrogen-bond acceptors (Lipinski definition) is 6. The number of benzene rings is 1. The van der Waals surface area contributed by atoms with Gasteiger partial charge < -0.3 is 26.3 Å². The summed E-state index contributed by atoms with van der Waals surface area (Å²) in [6, 6.07) is 4.57. The maximum atomic E-state index is 14.5. The lowest BCUT2D eigenvalue weighted by Gasteiger charge is -2.37. The van der Waals surface area contributed by atoms with Crippen LogP contribution in [0.2, 0.25) is 0 Å². The first kappa shape index (κ1) is 19.8. The molecule has 1 fully saturated rings. The third-order valence-electron chi connectivity index (χ3n) is 4.92. The van der Waals surface area contributed by atoms with E-state index in [-0.39, 0.29) is 17.8 Å². The van der Waals surface area contributed by atoms with Gasteiger partial charge in [0.05, 0.1) is 16.8 Å². The second-order valence-corrected chi connectivity index (χ2v) is 6.80. The summed E-state index contributed by atoms with van der Waals surface area (Å²) in [5.74, 6) is -0.515. The van der Waals surface area contributed by atoms with Gasteiger partial charge in [0.25, 0.3) is 5.91 Å². The van der Waals surface area contributed by atoms with Gasteiger partial charge in [-0.05, 0) is 30.7 Å². The fourth-order valence-electron chi connectivity index (χ4n) is 3.52. The molecule has 7 nitrogen and oxygen atoms in total. The Kier molecular flexibility index (Phi) is 5.89. The van der Waals surface area contributed by atoms with Crippen LogP contribution in [0, 0.1) is 11.2 Å². The highest BCUT2D eigenvalue weighted by Gasteiger charge is 2.27. The maximum Gasteiger partial charge on any atom is 0.256 e. The highest BCUT2D eigenvalue weighted by molar-refractivity contribution is 6.11. The van der Waals surface area contributed by atoms with E-state index in [1.165, 1.54) is 12.3 Å². The molecule has 1 unspecified atom stereocenters. The number of nitrogens with one attached hydrogen (secondary N) is 2. The molecule has 0 aliphatic carbocycles. The van der Waals surface area contributed by atoms with Crippen LogP contribution in [-0.4, -0.2) is 55.2 Å². The fourth-order valence-corrected chi connectivity index (χ4v) is 3.52. The van der Waals surface area contributed by atoms with Gasteiger partial charge in [0, 0.05) is 63.3 Å². The van der Waals surface area contributed by atoms with Gasteiger partial charge in [0.1, 0.15) is 5.82 Å². The topological polar surface area (TPSA) is 98.3 Å². The minimum Gasteiger partial charge on any atom is -0.393 e.